The van der Waals surface area contributed by atoms with E-state index in [0.29, 0.717) is 5.02 Å². The molecule has 1 aromatic carbocycles. The Kier molecular flexibility index (Phi) is 2.92. The van der Waals surface area contributed by atoms with Crippen LogP contribution in [0.2, 0.25) is 5.02 Å². The molecule has 0 bridgehead atoms. The number of aromatic nitrogens is 1. The van der Waals surface area contributed by atoms with Crippen molar-refractivity contribution < 1.29 is 0 Å². The molecule has 1 aliphatic rings. The molecule has 0 saturated heterocycles. The van der Waals surface area contributed by atoms with Gasteiger partial charge >= 0.3 is 0 Å². The molecule has 2 aromatic rings. The SMILES string of the molecule is CN1CCc2nc3ccc(Cl)cc3c(C(=N)N)c2C1. The maximum atomic E-state index is 7.88. The van der Waals surface area contributed by atoms with Crippen molar-refractivity contribution in [3.05, 3.63) is 40.0 Å². The van der Waals surface area contributed by atoms with Crippen molar-refractivity contribution in [2.75, 3.05) is 13.6 Å². The van der Waals surface area contributed by atoms with Gasteiger partial charge in [-0.3, -0.25) is 10.4 Å². The molecule has 2 heterocycles. The molecule has 0 unspecified atom stereocenters. The number of hydrogen-bond acceptors (Lipinski definition) is 3. The predicted molar refractivity (Wildman–Crippen MR) is 77.8 cm³/mol. The third-order valence-electron chi connectivity index (χ3n) is 3.56. The van der Waals surface area contributed by atoms with Gasteiger partial charge in [-0.25, -0.2) is 0 Å². The Bertz CT molecular complexity index is 681. The predicted octanol–water partition coefficient (Wildman–Crippen LogP) is 2.16. The lowest BCUT2D eigenvalue weighted by Crippen LogP contribution is -2.30. The van der Waals surface area contributed by atoms with Gasteiger partial charge in [0.15, 0.2) is 0 Å². The molecule has 0 fully saturated rings. The monoisotopic (exact) mass is 274 g/mol. The third kappa shape index (κ3) is 2.07. The molecule has 4 nitrogen and oxygen atoms in total. The number of hydrogen-bond donors (Lipinski definition) is 2. The van der Waals surface area contributed by atoms with Crippen molar-refractivity contribution >= 4 is 28.3 Å². The Morgan fingerprint density at radius 3 is 3.00 bits per heavy atom. The molecule has 0 aliphatic carbocycles. The Morgan fingerprint density at radius 1 is 1.47 bits per heavy atom. The van der Waals surface area contributed by atoms with Crippen LogP contribution in [0, 0.1) is 5.41 Å². The van der Waals surface area contributed by atoms with Crippen LogP contribution in [-0.2, 0) is 13.0 Å². The minimum absolute atomic E-state index is 0.0845. The number of nitrogens with zero attached hydrogens (tertiary/aromatic N) is 2. The first-order valence-corrected chi connectivity index (χ1v) is 6.58. The second-order valence-electron chi connectivity index (χ2n) is 4.97. The molecule has 98 valence electrons. The summed E-state index contributed by atoms with van der Waals surface area (Å²) in [5.74, 6) is 0.0845. The Balaban J connectivity index is 2.37. The van der Waals surface area contributed by atoms with E-state index < -0.39 is 0 Å². The van der Waals surface area contributed by atoms with Gasteiger partial charge in [0.1, 0.15) is 5.84 Å². The lowest BCUT2D eigenvalue weighted by atomic mass is 9.95. The fourth-order valence-electron chi connectivity index (χ4n) is 2.66. The van der Waals surface area contributed by atoms with Crippen LogP contribution in [0.5, 0.6) is 0 Å². The van der Waals surface area contributed by atoms with Crippen LogP contribution in [0.1, 0.15) is 16.8 Å². The minimum Gasteiger partial charge on any atom is -0.384 e. The number of pyridine rings is 1. The van der Waals surface area contributed by atoms with Crippen LogP contribution in [-0.4, -0.2) is 29.3 Å². The standard InChI is InChI=1S/C14H15ClN4/c1-19-5-4-12-10(7-19)13(14(16)17)9-6-8(15)2-3-11(9)18-12/h2-3,6H,4-5,7H2,1H3,(H3,16,17). The van der Waals surface area contributed by atoms with Gasteiger partial charge < -0.3 is 10.6 Å². The van der Waals surface area contributed by atoms with Crippen molar-refractivity contribution in [1.82, 2.24) is 9.88 Å². The fraction of sp³-hybridized carbons (Fsp3) is 0.286. The van der Waals surface area contributed by atoms with Gasteiger partial charge in [-0.15, -0.1) is 0 Å². The van der Waals surface area contributed by atoms with E-state index in [-0.39, 0.29) is 5.84 Å². The minimum atomic E-state index is 0.0845. The molecule has 0 spiro atoms. The highest BCUT2D eigenvalue weighted by Gasteiger charge is 2.22. The maximum absolute atomic E-state index is 7.88. The lowest BCUT2D eigenvalue weighted by molar-refractivity contribution is 0.310. The number of rotatable bonds is 1. The summed E-state index contributed by atoms with van der Waals surface area (Å²) in [6, 6.07) is 5.56. The summed E-state index contributed by atoms with van der Waals surface area (Å²) in [4.78, 5) is 6.91. The average molecular weight is 275 g/mol. The highest BCUT2D eigenvalue weighted by molar-refractivity contribution is 6.31. The van der Waals surface area contributed by atoms with E-state index in [1.807, 2.05) is 18.2 Å². The Morgan fingerprint density at radius 2 is 2.26 bits per heavy atom. The van der Waals surface area contributed by atoms with Crippen LogP contribution in [0.25, 0.3) is 10.9 Å². The van der Waals surface area contributed by atoms with Crippen molar-refractivity contribution in [2.45, 2.75) is 13.0 Å². The summed E-state index contributed by atoms with van der Waals surface area (Å²) in [7, 11) is 2.06. The summed E-state index contributed by atoms with van der Waals surface area (Å²) >= 11 is 6.06. The number of nitrogens with one attached hydrogen (secondary N) is 1. The largest absolute Gasteiger partial charge is 0.384 e. The summed E-state index contributed by atoms with van der Waals surface area (Å²) < 4.78 is 0. The maximum Gasteiger partial charge on any atom is 0.123 e. The average Bonchev–Trinajstić information content (AvgIpc) is 2.35. The summed E-state index contributed by atoms with van der Waals surface area (Å²) in [5, 5.41) is 9.39. The molecule has 0 atom stereocenters. The molecule has 5 heteroatoms. The van der Waals surface area contributed by atoms with Crippen molar-refractivity contribution in [1.29, 1.82) is 5.41 Å². The molecule has 3 rings (SSSR count). The smallest absolute Gasteiger partial charge is 0.123 e. The summed E-state index contributed by atoms with van der Waals surface area (Å²) in [6.45, 7) is 1.76. The summed E-state index contributed by atoms with van der Waals surface area (Å²) in [5.41, 5.74) is 9.56. The van der Waals surface area contributed by atoms with Gasteiger partial charge in [0.05, 0.1) is 5.52 Å². The molecule has 0 saturated carbocycles. The van der Waals surface area contributed by atoms with E-state index in [2.05, 4.69) is 11.9 Å². The number of nitrogens with two attached hydrogens (primary N) is 1. The van der Waals surface area contributed by atoms with Crippen molar-refractivity contribution in [2.24, 2.45) is 5.73 Å². The first-order chi connectivity index (χ1) is 9.06. The van der Waals surface area contributed by atoms with Crippen LogP contribution < -0.4 is 5.73 Å². The van der Waals surface area contributed by atoms with Crippen molar-refractivity contribution in [3.63, 3.8) is 0 Å². The van der Waals surface area contributed by atoms with E-state index >= 15 is 0 Å². The molecular formula is C14H15ClN4. The lowest BCUT2D eigenvalue weighted by Gasteiger charge is -2.27. The van der Waals surface area contributed by atoms with Gasteiger partial charge in [0.25, 0.3) is 0 Å². The normalized spacial score (nSPS) is 15.5. The van der Waals surface area contributed by atoms with E-state index in [4.69, 9.17) is 27.7 Å². The van der Waals surface area contributed by atoms with Crippen LogP contribution >= 0.6 is 11.6 Å². The first-order valence-electron chi connectivity index (χ1n) is 6.20. The van der Waals surface area contributed by atoms with Crippen LogP contribution in [0.3, 0.4) is 0 Å². The molecule has 1 aliphatic heterocycles. The van der Waals surface area contributed by atoms with Gasteiger partial charge in [0, 0.05) is 41.2 Å². The molecule has 19 heavy (non-hydrogen) atoms. The van der Waals surface area contributed by atoms with Crippen molar-refractivity contribution in [3.8, 4) is 0 Å². The zero-order chi connectivity index (χ0) is 13.6. The molecule has 1 aromatic heterocycles. The number of fused-ring (bicyclic) bond motifs is 2. The van der Waals surface area contributed by atoms with E-state index in [1.165, 1.54) is 0 Å². The van der Waals surface area contributed by atoms with E-state index in [0.717, 1.165) is 47.2 Å². The Hall–Kier alpha value is -1.65. The van der Waals surface area contributed by atoms with E-state index in [1.54, 1.807) is 0 Å². The number of nitrogen functional groups attached to an aromatic ring is 1. The van der Waals surface area contributed by atoms with Crippen LogP contribution in [0.4, 0.5) is 0 Å². The number of benzene rings is 1. The third-order valence-corrected chi connectivity index (χ3v) is 3.80. The zero-order valence-electron chi connectivity index (χ0n) is 10.7. The Labute approximate surface area is 116 Å². The number of amidine groups is 1. The quantitative estimate of drug-likeness (QED) is 0.619. The second-order valence-corrected chi connectivity index (χ2v) is 5.41. The highest BCUT2D eigenvalue weighted by atomic mass is 35.5. The van der Waals surface area contributed by atoms with Gasteiger partial charge in [-0.2, -0.15) is 0 Å². The molecular weight excluding hydrogens is 260 g/mol. The second kappa shape index (κ2) is 4.47. The highest BCUT2D eigenvalue weighted by Crippen LogP contribution is 2.29. The van der Waals surface area contributed by atoms with Gasteiger partial charge in [-0.05, 0) is 30.8 Å². The molecule has 3 N–H and O–H groups in total. The van der Waals surface area contributed by atoms with E-state index in [9.17, 15) is 0 Å². The number of halogens is 1. The summed E-state index contributed by atoms with van der Waals surface area (Å²) in [6.07, 6.45) is 0.894. The first kappa shape index (κ1) is 12.4. The van der Waals surface area contributed by atoms with Gasteiger partial charge in [-0.1, -0.05) is 11.6 Å². The topological polar surface area (TPSA) is 66.0 Å². The van der Waals surface area contributed by atoms with Gasteiger partial charge in [0.2, 0.25) is 0 Å². The zero-order valence-corrected chi connectivity index (χ0v) is 11.5. The van der Waals surface area contributed by atoms with Crippen LogP contribution in [0.15, 0.2) is 18.2 Å². The molecule has 0 amide bonds. The fourth-order valence-corrected chi connectivity index (χ4v) is 2.83. The number of likely N-dealkylation sites (N-methyl/N-ethyl adjacent to an activating group) is 1. The molecule has 0 radical (unpaired) electrons.